The quantitative estimate of drug-likeness (QED) is 0.387. The molecule has 6 nitrogen and oxygen atoms in total. The molecule has 4 rings (SSSR count). The third kappa shape index (κ3) is 6.38. The molecule has 4 fully saturated rings. The Kier molecular flexibility index (Phi) is 8.57. The van der Waals surface area contributed by atoms with Gasteiger partial charge in [-0.25, -0.2) is 0 Å². The van der Waals surface area contributed by atoms with Gasteiger partial charge in [-0.3, -0.25) is 4.79 Å². The lowest BCUT2D eigenvalue weighted by atomic mass is 9.90. The minimum absolute atomic E-state index is 0.0137. The number of hydrogen-bond donors (Lipinski definition) is 1. The van der Waals surface area contributed by atoms with Crippen molar-refractivity contribution >= 4 is 5.78 Å². The number of fused-ring (bicyclic) bond motifs is 1. The van der Waals surface area contributed by atoms with E-state index >= 15 is 0 Å². The van der Waals surface area contributed by atoms with Gasteiger partial charge in [0.15, 0.2) is 17.9 Å². The van der Waals surface area contributed by atoms with Crippen molar-refractivity contribution in [2.45, 2.75) is 95.2 Å². The van der Waals surface area contributed by atoms with Gasteiger partial charge in [0, 0.05) is 38.4 Å². The second kappa shape index (κ2) is 11.4. The zero-order chi connectivity index (χ0) is 21.5. The molecule has 1 unspecified atom stereocenters. The molecule has 2 saturated heterocycles. The Labute approximate surface area is 186 Å². The zero-order valence-electron chi connectivity index (χ0n) is 18.8. The number of carbonyl (C=O) groups is 1. The molecule has 0 aromatic carbocycles. The number of hydrogen-bond acceptors (Lipinski definition) is 6. The van der Waals surface area contributed by atoms with Crippen LogP contribution in [-0.2, 0) is 23.7 Å². The Morgan fingerprint density at radius 1 is 1.03 bits per heavy atom. The Bertz CT molecular complexity index is 593. The van der Waals surface area contributed by atoms with Crippen molar-refractivity contribution in [2.24, 2.45) is 17.8 Å². The largest absolute Gasteiger partial charge is 0.392 e. The van der Waals surface area contributed by atoms with Crippen LogP contribution in [0.3, 0.4) is 0 Å². The van der Waals surface area contributed by atoms with Gasteiger partial charge in [0.05, 0.1) is 19.3 Å². The van der Waals surface area contributed by atoms with Crippen LogP contribution in [0, 0.1) is 17.8 Å². The predicted molar refractivity (Wildman–Crippen MR) is 116 cm³/mol. The van der Waals surface area contributed by atoms with Gasteiger partial charge in [0.1, 0.15) is 0 Å². The molecule has 0 amide bonds. The van der Waals surface area contributed by atoms with E-state index in [-0.39, 0.29) is 24.1 Å². The Morgan fingerprint density at radius 2 is 1.84 bits per heavy atom. The first kappa shape index (κ1) is 23.4. The van der Waals surface area contributed by atoms with Gasteiger partial charge in [-0.2, -0.15) is 0 Å². The van der Waals surface area contributed by atoms with Crippen molar-refractivity contribution in [1.82, 2.24) is 0 Å². The molecular weight excluding hydrogens is 396 g/mol. The molecule has 0 aromatic rings. The summed E-state index contributed by atoms with van der Waals surface area (Å²) >= 11 is 0. The number of ether oxygens (including phenoxy) is 4. The molecule has 1 N–H and O–H groups in total. The van der Waals surface area contributed by atoms with Crippen LogP contribution in [0.25, 0.3) is 0 Å². The van der Waals surface area contributed by atoms with E-state index < -0.39 is 5.79 Å². The first-order valence-electron chi connectivity index (χ1n) is 12.6. The van der Waals surface area contributed by atoms with Crippen molar-refractivity contribution in [3.8, 4) is 0 Å². The summed E-state index contributed by atoms with van der Waals surface area (Å²) in [5.74, 6) is 0.605. The lowest BCUT2D eigenvalue weighted by Gasteiger charge is -2.25. The van der Waals surface area contributed by atoms with E-state index in [1.807, 2.05) is 6.08 Å². The molecule has 0 bridgehead atoms. The van der Waals surface area contributed by atoms with E-state index in [9.17, 15) is 9.90 Å². The molecule has 2 aliphatic carbocycles. The summed E-state index contributed by atoms with van der Waals surface area (Å²) in [6.45, 7) is 2.94. The van der Waals surface area contributed by atoms with E-state index in [0.717, 1.165) is 77.4 Å². The van der Waals surface area contributed by atoms with Gasteiger partial charge in [-0.1, -0.05) is 25.3 Å². The van der Waals surface area contributed by atoms with Crippen LogP contribution in [-0.4, -0.2) is 55.5 Å². The summed E-state index contributed by atoms with van der Waals surface area (Å²) < 4.78 is 23.1. The first-order chi connectivity index (χ1) is 15.2. The normalized spacial score (nSPS) is 34.7. The summed E-state index contributed by atoms with van der Waals surface area (Å²) in [4.78, 5) is 12.3. The smallest absolute Gasteiger partial charge is 0.169 e. The van der Waals surface area contributed by atoms with Crippen molar-refractivity contribution in [1.29, 1.82) is 0 Å². The second-order valence-corrected chi connectivity index (χ2v) is 9.83. The van der Waals surface area contributed by atoms with Crippen LogP contribution >= 0.6 is 0 Å². The number of carbonyl (C=O) groups excluding carboxylic acids is 1. The fourth-order valence-corrected chi connectivity index (χ4v) is 5.92. The average molecular weight is 437 g/mol. The third-order valence-corrected chi connectivity index (χ3v) is 7.54. The van der Waals surface area contributed by atoms with E-state index in [2.05, 4.69) is 0 Å². The molecule has 6 heteroatoms. The summed E-state index contributed by atoms with van der Waals surface area (Å²) in [6, 6.07) is 0. The fourth-order valence-electron chi connectivity index (χ4n) is 5.92. The van der Waals surface area contributed by atoms with Gasteiger partial charge in [0.2, 0.25) is 0 Å². The highest BCUT2D eigenvalue weighted by atomic mass is 16.7. The van der Waals surface area contributed by atoms with Crippen molar-refractivity contribution in [2.75, 3.05) is 26.4 Å². The molecule has 1 spiro atoms. The summed E-state index contributed by atoms with van der Waals surface area (Å²) in [6.07, 6.45) is 15.2. The molecule has 2 saturated carbocycles. The summed E-state index contributed by atoms with van der Waals surface area (Å²) in [7, 11) is 0. The van der Waals surface area contributed by atoms with E-state index in [1.165, 1.54) is 6.42 Å². The fraction of sp³-hybridized carbons (Fsp3) is 0.880. The molecule has 4 aliphatic rings. The van der Waals surface area contributed by atoms with Gasteiger partial charge in [-0.05, 0) is 56.4 Å². The van der Waals surface area contributed by atoms with Crippen LogP contribution in [0.2, 0.25) is 0 Å². The lowest BCUT2D eigenvalue weighted by molar-refractivity contribution is -0.162. The molecule has 0 aromatic heterocycles. The average Bonchev–Trinajstić information content (AvgIpc) is 3.44. The number of aliphatic hydroxyl groups is 1. The molecule has 0 radical (unpaired) electrons. The van der Waals surface area contributed by atoms with Crippen LogP contribution in [0.15, 0.2) is 12.2 Å². The maximum atomic E-state index is 12.3. The first-order valence-corrected chi connectivity index (χ1v) is 12.6. The Morgan fingerprint density at radius 3 is 2.65 bits per heavy atom. The van der Waals surface area contributed by atoms with Crippen molar-refractivity contribution in [3.63, 3.8) is 0 Å². The minimum atomic E-state index is -0.417. The molecule has 176 valence electrons. The van der Waals surface area contributed by atoms with E-state index in [1.54, 1.807) is 6.08 Å². The number of unbranched alkanes of at least 4 members (excludes halogenated alkanes) is 4. The topological polar surface area (TPSA) is 74.2 Å². The number of ketones is 1. The SMILES string of the molecule is O=C(C=C[C@@H]1[C@@H]2CC3(C[C@H]2C[C@H]1O)OCCO3)CCCCCCCOC1CCCCO1. The monoisotopic (exact) mass is 436 g/mol. The third-order valence-electron chi connectivity index (χ3n) is 7.54. The second-order valence-electron chi connectivity index (χ2n) is 9.83. The van der Waals surface area contributed by atoms with Crippen LogP contribution in [0.4, 0.5) is 0 Å². The molecule has 2 heterocycles. The van der Waals surface area contributed by atoms with Gasteiger partial charge >= 0.3 is 0 Å². The maximum Gasteiger partial charge on any atom is 0.169 e. The highest BCUT2D eigenvalue weighted by Crippen LogP contribution is 2.54. The summed E-state index contributed by atoms with van der Waals surface area (Å²) in [5, 5.41) is 10.5. The molecule has 31 heavy (non-hydrogen) atoms. The van der Waals surface area contributed by atoms with Crippen molar-refractivity contribution < 1.29 is 28.8 Å². The van der Waals surface area contributed by atoms with Crippen molar-refractivity contribution in [3.05, 3.63) is 12.2 Å². The number of rotatable bonds is 11. The van der Waals surface area contributed by atoms with Crippen LogP contribution in [0.5, 0.6) is 0 Å². The highest BCUT2D eigenvalue weighted by Gasteiger charge is 2.55. The minimum Gasteiger partial charge on any atom is -0.392 e. The summed E-state index contributed by atoms with van der Waals surface area (Å²) in [5.41, 5.74) is 0. The number of aliphatic hydroxyl groups excluding tert-OH is 1. The predicted octanol–water partition coefficient (Wildman–Crippen LogP) is 4.15. The maximum absolute atomic E-state index is 12.3. The lowest BCUT2D eigenvalue weighted by Crippen LogP contribution is -2.29. The van der Waals surface area contributed by atoms with E-state index in [0.29, 0.717) is 31.5 Å². The highest BCUT2D eigenvalue weighted by molar-refractivity contribution is 5.89. The molecule has 2 aliphatic heterocycles. The van der Waals surface area contributed by atoms with E-state index in [4.69, 9.17) is 18.9 Å². The molecule has 5 atom stereocenters. The molecular formula is C25H40O6. The van der Waals surface area contributed by atoms with Crippen LogP contribution in [0.1, 0.15) is 77.0 Å². The Hall–Kier alpha value is -0.790. The zero-order valence-corrected chi connectivity index (χ0v) is 18.8. The van der Waals surface area contributed by atoms with Gasteiger partial charge < -0.3 is 24.1 Å². The van der Waals surface area contributed by atoms with Crippen LogP contribution < -0.4 is 0 Å². The van der Waals surface area contributed by atoms with Gasteiger partial charge in [-0.15, -0.1) is 0 Å². The Balaban J connectivity index is 1.07. The standard InChI is InChI=1S/C25H40O6/c26-20(8-4-2-1-3-6-12-28-24-9-5-7-13-29-24)10-11-21-22-18-25(30-14-15-31-25)17-19(22)16-23(21)27/h10-11,19,21-24,27H,1-9,12-18H2/t19-,21-,22-,23-,24?/m1/s1. The van der Waals surface area contributed by atoms with Gasteiger partial charge in [0.25, 0.3) is 0 Å². The number of allylic oxidation sites excluding steroid dienone is 1.